The fraction of sp³-hybridized carbons (Fsp3) is 0.483. The van der Waals surface area contributed by atoms with Crippen LogP contribution in [0.1, 0.15) is 84.7 Å². The van der Waals surface area contributed by atoms with Gasteiger partial charge in [-0.2, -0.15) is 0 Å². The van der Waals surface area contributed by atoms with Crippen LogP contribution in [0.3, 0.4) is 0 Å². The molecule has 3 heterocycles. The number of rotatable bonds is 12. The molecule has 0 spiro atoms. The summed E-state index contributed by atoms with van der Waals surface area (Å²) in [7, 11) is 0. The summed E-state index contributed by atoms with van der Waals surface area (Å²) in [5, 5.41) is 13.3. The Morgan fingerprint density at radius 2 is 1.90 bits per heavy atom. The van der Waals surface area contributed by atoms with E-state index in [1.807, 2.05) is 42.7 Å². The van der Waals surface area contributed by atoms with Crippen molar-refractivity contribution in [2.75, 3.05) is 13.2 Å². The first-order valence-corrected chi connectivity index (χ1v) is 15.0. The minimum atomic E-state index is -0.743. The van der Waals surface area contributed by atoms with E-state index >= 15 is 0 Å². The summed E-state index contributed by atoms with van der Waals surface area (Å²) < 4.78 is 7.44. The topological polar surface area (TPSA) is 124 Å². The van der Waals surface area contributed by atoms with Crippen molar-refractivity contribution in [1.29, 1.82) is 0 Å². The number of aromatic nitrogens is 3. The van der Waals surface area contributed by atoms with Crippen LogP contribution in [0.2, 0.25) is 5.02 Å². The Labute approximate surface area is 244 Å². The number of benzene rings is 1. The van der Waals surface area contributed by atoms with E-state index < -0.39 is 18.1 Å². The van der Waals surface area contributed by atoms with Gasteiger partial charge in [0.1, 0.15) is 22.9 Å². The van der Waals surface area contributed by atoms with Crippen LogP contribution in [-0.4, -0.2) is 51.5 Å². The first-order valence-electron chi connectivity index (χ1n) is 13.8. The Morgan fingerprint density at radius 3 is 2.60 bits per heavy atom. The van der Waals surface area contributed by atoms with Crippen LogP contribution < -0.4 is 11.1 Å². The van der Waals surface area contributed by atoms with E-state index in [-0.39, 0.29) is 12.3 Å². The second-order valence-corrected chi connectivity index (χ2v) is 11.7. The predicted molar refractivity (Wildman–Crippen MR) is 159 cm³/mol. The molecule has 214 valence electrons. The second kappa shape index (κ2) is 13.5. The van der Waals surface area contributed by atoms with Gasteiger partial charge in [0.15, 0.2) is 5.82 Å². The summed E-state index contributed by atoms with van der Waals surface area (Å²) in [5.41, 5.74) is 9.44. The van der Waals surface area contributed by atoms with Gasteiger partial charge in [-0.15, -0.1) is 21.5 Å². The van der Waals surface area contributed by atoms with Crippen molar-refractivity contribution in [2.24, 2.45) is 10.7 Å². The zero-order chi connectivity index (χ0) is 28.8. The van der Waals surface area contributed by atoms with Gasteiger partial charge in [-0.1, -0.05) is 37.1 Å². The summed E-state index contributed by atoms with van der Waals surface area (Å²) in [6, 6.07) is 6.18. The number of halogens is 1. The summed E-state index contributed by atoms with van der Waals surface area (Å²) >= 11 is 7.85. The molecule has 11 heteroatoms. The number of aliphatic imine (C=N–C) groups is 1. The van der Waals surface area contributed by atoms with E-state index in [1.165, 1.54) is 4.88 Å². The van der Waals surface area contributed by atoms with Crippen LogP contribution in [0, 0.1) is 20.8 Å². The number of hydrogen-bond acceptors (Lipinski definition) is 8. The quantitative estimate of drug-likeness (QED) is 0.224. The van der Waals surface area contributed by atoms with Gasteiger partial charge in [-0.3, -0.25) is 14.4 Å². The minimum Gasteiger partial charge on any atom is -0.464 e. The van der Waals surface area contributed by atoms with Crippen LogP contribution >= 0.6 is 22.9 Å². The number of amides is 1. The largest absolute Gasteiger partial charge is 0.464 e. The number of carbonyl (C=O) groups is 2. The lowest BCUT2D eigenvalue weighted by Gasteiger charge is -2.19. The normalized spacial score (nSPS) is 15.1. The molecule has 1 amide bonds. The maximum atomic E-state index is 13.5. The molecule has 1 aliphatic rings. The van der Waals surface area contributed by atoms with Crippen molar-refractivity contribution in [3.05, 3.63) is 62.5 Å². The van der Waals surface area contributed by atoms with Crippen molar-refractivity contribution >= 4 is 40.5 Å². The molecule has 0 bridgehead atoms. The van der Waals surface area contributed by atoms with Crippen LogP contribution in [0.25, 0.3) is 5.00 Å². The van der Waals surface area contributed by atoms with Gasteiger partial charge in [-0.25, -0.2) is 4.79 Å². The maximum Gasteiger partial charge on any atom is 0.328 e. The van der Waals surface area contributed by atoms with Crippen molar-refractivity contribution in [1.82, 2.24) is 20.1 Å². The number of nitrogens with zero attached hydrogens (tertiary/aromatic N) is 4. The molecule has 0 saturated carbocycles. The number of hydrogen-bond donors (Lipinski definition) is 2. The zero-order valence-electron chi connectivity index (χ0n) is 23.5. The molecule has 0 fully saturated rings. The van der Waals surface area contributed by atoms with Gasteiger partial charge >= 0.3 is 5.97 Å². The van der Waals surface area contributed by atoms with E-state index in [9.17, 15) is 9.59 Å². The van der Waals surface area contributed by atoms with E-state index in [4.69, 9.17) is 27.1 Å². The Morgan fingerprint density at radius 1 is 1.15 bits per heavy atom. The fourth-order valence-electron chi connectivity index (χ4n) is 4.72. The van der Waals surface area contributed by atoms with E-state index in [0.717, 1.165) is 52.5 Å². The molecule has 3 N–H and O–H groups in total. The first kappa shape index (κ1) is 29.9. The van der Waals surface area contributed by atoms with Crippen molar-refractivity contribution in [3.8, 4) is 5.00 Å². The Hall–Kier alpha value is -3.08. The van der Waals surface area contributed by atoms with Crippen LogP contribution in [0.15, 0.2) is 29.3 Å². The monoisotopic (exact) mass is 584 g/mol. The van der Waals surface area contributed by atoms with Crippen molar-refractivity contribution in [2.45, 2.75) is 78.3 Å². The van der Waals surface area contributed by atoms with Gasteiger partial charge in [0.2, 0.25) is 5.91 Å². The van der Waals surface area contributed by atoms with Crippen LogP contribution in [-0.2, 0) is 14.3 Å². The number of nitrogens with two attached hydrogens (primary N) is 1. The average molecular weight is 585 g/mol. The molecular formula is C29H37ClN6O3S. The number of thiophene rings is 1. The summed E-state index contributed by atoms with van der Waals surface area (Å²) in [6.07, 6.45) is 3.62. The molecule has 2 atom stereocenters. The smallest absolute Gasteiger partial charge is 0.328 e. The number of fused-ring (bicyclic) bond motifs is 3. The predicted octanol–water partition coefficient (Wildman–Crippen LogP) is 5.15. The lowest BCUT2D eigenvalue weighted by molar-refractivity contribution is -0.148. The number of carbonyl (C=O) groups excluding carboxylic acids is 2. The molecule has 1 aliphatic heterocycles. The highest BCUT2D eigenvalue weighted by atomic mass is 35.5. The van der Waals surface area contributed by atoms with Gasteiger partial charge in [-0.05, 0) is 70.7 Å². The summed E-state index contributed by atoms with van der Waals surface area (Å²) in [4.78, 5) is 32.6. The molecule has 1 aromatic carbocycles. The highest BCUT2D eigenvalue weighted by Crippen LogP contribution is 2.39. The summed E-state index contributed by atoms with van der Waals surface area (Å²) in [5.74, 6) is 0.580. The second-order valence-electron chi connectivity index (χ2n) is 10.0. The van der Waals surface area contributed by atoms with Gasteiger partial charge in [0.05, 0.1) is 18.7 Å². The molecule has 0 radical (unpaired) electrons. The third-order valence-electron chi connectivity index (χ3n) is 7.04. The van der Waals surface area contributed by atoms with Gasteiger partial charge < -0.3 is 15.8 Å². The van der Waals surface area contributed by atoms with Gasteiger partial charge in [0.25, 0.3) is 0 Å². The van der Waals surface area contributed by atoms with E-state index in [1.54, 1.807) is 11.3 Å². The van der Waals surface area contributed by atoms with E-state index in [2.05, 4.69) is 29.4 Å². The first-order chi connectivity index (χ1) is 19.2. The fourth-order valence-corrected chi connectivity index (χ4v) is 6.06. The number of aryl methyl sites for hydroxylation is 2. The Balaban J connectivity index is 1.68. The standard InChI is InChI=1S/C29H37ClN6O3S/c1-5-6-15-39-29(38)22(9-7-8-14-31)32-24(37)16-23-27-35-34-19(4)36(27)28-25(17(2)18(3)40-28)26(33-23)20-10-12-21(30)13-11-20/h10-13,22-23H,5-9,14-16,31H2,1-4H3,(H,32,37)/t22?,23-/m0/s1. The average Bonchev–Trinajstić information content (AvgIpc) is 3.40. The molecule has 3 aromatic rings. The molecule has 2 aromatic heterocycles. The molecule has 9 nitrogen and oxygen atoms in total. The van der Waals surface area contributed by atoms with Crippen LogP contribution in [0.5, 0.6) is 0 Å². The molecule has 4 rings (SSSR count). The molecule has 0 saturated heterocycles. The summed E-state index contributed by atoms with van der Waals surface area (Å²) in [6.45, 7) is 8.95. The van der Waals surface area contributed by atoms with Crippen LogP contribution in [0.4, 0.5) is 0 Å². The molecule has 40 heavy (non-hydrogen) atoms. The number of unbranched alkanes of at least 4 members (excludes halogenated alkanes) is 2. The highest BCUT2D eigenvalue weighted by molar-refractivity contribution is 7.15. The third kappa shape index (κ3) is 6.62. The Bertz CT molecular complexity index is 1380. The highest BCUT2D eigenvalue weighted by Gasteiger charge is 2.33. The SMILES string of the molecule is CCCCOC(=O)C(CCCCN)NC(=O)C[C@@H]1N=C(c2ccc(Cl)cc2)c2c(sc(C)c2C)-n2c(C)nnc21. The molecule has 1 unspecified atom stereocenters. The van der Waals surface area contributed by atoms with Crippen molar-refractivity contribution in [3.63, 3.8) is 0 Å². The molecule has 0 aliphatic carbocycles. The van der Waals surface area contributed by atoms with Gasteiger partial charge in [0, 0.05) is 21.0 Å². The Kier molecular flexibility index (Phi) is 10.1. The lowest BCUT2D eigenvalue weighted by atomic mass is 9.99. The lowest BCUT2D eigenvalue weighted by Crippen LogP contribution is -2.42. The molecular weight excluding hydrogens is 548 g/mol. The number of ether oxygens (including phenoxy) is 1. The number of nitrogens with one attached hydrogen (secondary N) is 1. The van der Waals surface area contributed by atoms with Crippen molar-refractivity contribution < 1.29 is 14.3 Å². The third-order valence-corrected chi connectivity index (χ3v) is 8.49. The zero-order valence-corrected chi connectivity index (χ0v) is 25.1. The number of esters is 1. The minimum absolute atomic E-state index is 0.00216. The maximum absolute atomic E-state index is 13.5. The van der Waals surface area contributed by atoms with E-state index in [0.29, 0.717) is 36.8 Å².